The van der Waals surface area contributed by atoms with Gasteiger partial charge in [0.25, 0.3) is 0 Å². The summed E-state index contributed by atoms with van der Waals surface area (Å²) in [6.45, 7) is 19.3. The number of hydrogen-bond acceptors (Lipinski definition) is 0. The molecule has 0 spiro atoms. The Kier molecular flexibility index (Phi) is 10.1. The van der Waals surface area contributed by atoms with Crippen molar-refractivity contribution in [2.24, 2.45) is 11.8 Å². The highest BCUT2D eigenvalue weighted by atomic mass is 14.4. The predicted molar refractivity (Wildman–Crippen MR) is 145 cm³/mol. The van der Waals surface area contributed by atoms with Crippen LogP contribution in [0.15, 0.2) is 48.5 Å². The highest BCUT2D eigenvalue weighted by Crippen LogP contribution is 2.47. The van der Waals surface area contributed by atoms with Crippen LogP contribution in [0.5, 0.6) is 0 Å². The topological polar surface area (TPSA) is 0 Å². The van der Waals surface area contributed by atoms with E-state index in [1.165, 1.54) is 62.5 Å². The lowest BCUT2D eigenvalue weighted by atomic mass is 9.64. The quantitative estimate of drug-likeness (QED) is 0.294. The molecule has 0 aliphatic carbocycles. The zero-order valence-electron chi connectivity index (χ0n) is 22.4. The summed E-state index contributed by atoms with van der Waals surface area (Å²) in [5, 5.41) is 0. The van der Waals surface area contributed by atoms with Gasteiger partial charge in [-0.1, -0.05) is 130 Å². The molecule has 2 unspecified atom stereocenters. The van der Waals surface area contributed by atoms with E-state index in [9.17, 15) is 0 Å². The van der Waals surface area contributed by atoms with Crippen LogP contribution >= 0.6 is 0 Å². The molecule has 178 valence electrons. The lowest BCUT2D eigenvalue weighted by molar-refractivity contribution is 0.349. The molecule has 32 heavy (non-hydrogen) atoms. The van der Waals surface area contributed by atoms with E-state index in [4.69, 9.17) is 0 Å². The number of hydrogen-bond donors (Lipinski definition) is 0. The largest absolute Gasteiger partial charge is 0.0645 e. The van der Waals surface area contributed by atoms with Gasteiger partial charge in [-0.25, -0.2) is 0 Å². The molecule has 0 aliphatic rings. The third kappa shape index (κ3) is 6.72. The average molecular weight is 435 g/mol. The summed E-state index contributed by atoms with van der Waals surface area (Å²) in [5.41, 5.74) is 6.49. The van der Waals surface area contributed by atoms with E-state index in [0.29, 0.717) is 0 Å². The van der Waals surface area contributed by atoms with Crippen molar-refractivity contribution in [2.45, 2.75) is 118 Å². The molecule has 0 fully saturated rings. The molecule has 0 heteroatoms. The molecule has 2 aromatic carbocycles. The third-order valence-corrected chi connectivity index (χ3v) is 7.98. The number of rotatable bonds is 13. The van der Waals surface area contributed by atoms with E-state index in [-0.39, 0.29) is 10.8 Å². The van der Waals surface area contributed by atoms with Gasteiger partial charge in [-0.3, -0.25) is 0 Å². The van der Waals surface area contributed by atoms with Crippen LogP contribution in [0.2, 0.25) is 0 Å². The van der Waals surface area contributed by atoms with Gasteiger partial charge in [-0.05, 0) is 70.6 Å². The van der Waals surface area contributed by atoms with Gasteiger partial charge in [0.1, 0.15) is 0 Å². The summed E-state index contributed by atoms with van der Waals surface area (Å²) in [4.78, 5) is 0. The van der Waals surface area contributed by atoms with Crippen molar-refractivity contribution in [3.05, 3.63) is 59.7 Å². The molecule has 2 atom stereocenters. The minimum atomic E-state index is 0.200. The Hall–Kier alpha value is -1.56. The van der Waals surface area contributed by atoms with Crippen molar-refractivity contribution >= 4 is 0 Å². The van der Waals surface area contributed by atoms with Crippen molar-refractivity contribution in [1.29, 1.82) is 0 Å². The zero-order valence-corrected chi connectivity index (χ0v) is 22.4. The summed E-state index contributed by atoms with van der Waals surface area (Å²) < 4.78 is 0. The maximum Gasteiger partial charge on any atom is -0.00688 e. The first-order valence-corrected chi connectivity index (χ1v) is 13.4. The number of benzene rings is 2. The molecule has 0 bridgehead atoms. The Balaban J connectivity index is 2.63. The average Bonchev–Trinajstić information content (AvgIpc) is 2.78. The van der Waals surface area contributed by atoms with Gasteiger partial charge >= 0.3 is 0 Å². The fourth-order valence-electron chi connectivity index (χ4n) is 5.35. The van der Waals surface area contributed by atoms with Crippen LogP contribution < -0.4 is 0 Å². The molecule has 0 amide bonds. The van der Waals surface area contributed by atoms with Crippen molar-refractivity contribution in [1.82, 2.24) is 0 Å². The smallest absolute Gasteiger partial charge is 0.00688 e. The van der Waals surface area contributed by atoms with Crippen molar-refractivity contribution in [3.63, 3.8) is 0 Å². The van der Waals surface area contributed by atoms with Gasteiger partial charge < -0.3 is 0 Å². The maximum absolute atomic E-state index is 2.54. The summed E-state index contributed by atoms with van der Waals surface area (Å²) in [6.07, 6.45) is 10.2. The molecule has 0 aromatic heterocycles. The molecule has 0 heterocycles. The third-order valence-electron chi connectivity index (χ3n) is 7.98. The van der Waals surface area contributed by atoms with Gasteiger partial charge in [-0.2, -0.15) is 0 Å². The molecule has 0 N–H and O–H groups in total. The zero-order chi connectivity index (χ0) is 23.8. The van der Waals surface area contributed by atoms with E-state index in [0.717, 1.165) is 11.8 Å². The Labute approximate surface area is 200 Å². The van der Waals surface area contributed by atoms with Crippen LogP contribution in [0.25, 0.3) is 11.1 Å². The van der Waals surface area contributed by atoms with Crippen LogP contribution in [0.4, 0.5) is 0 Å². The van der Waals surface area contributed by atoms with Crippen LogP contribution in [-0.4, -0.2) is 0 Å². The van der Waals surface area contributed by atoms with Gasteiger partial charge in [0, 0.05) is 0 Å². The first kappa shape index (κ1) is 26.7. The second-order valence-corrected chi connectivity index (χ2v) is 11.5. The predicted octanol–water partition coefficient (Wildman–Crippen LogP) is 10.3. The van der Waals surface area contributed by atoms with E-state index in [1.54, 1.807) is 11.1 Å². The maximum atomic E-state index is 2.54. The van der Waals surface area contributed by atoms with Crippen LogP contribution in [0, 0.1) is 11.8 Å². The molecular weight excluding hydrogens is 384 g/mol. The fourth-order valence-corrected chi connectivity index (χ4v) is 5.35. The van der Waals surface area contributed by atoms with E-state index < -0.39 is 0 Å². The van der Waals surface area contributed by atoms with Crippen molar-refractivity contribution < 1.29 is 0 Å². The summed E-state index contributed by atoms with van der Waals surface area (Å²) in [6, 6.07) is 18.3. The second-order valence-electron chi connectivity index (χ2n) is 11.5. The SMILES string of the molecule is CCC(C)(CCCC(C)C)c1cccc(-c2ccccc2)c1C(C)(CC)CCCC(C)C. The lowest BCUT2D eigenvalue weighted by Crippen LogP contribution is -2.31. The Morgan fingerprint density at radius 1 is 0.656 bits per heavy atom. The highest BCUT2D eigenvalue weighted by Gasteiger charge is 2.36. The Bertz CT molecular complexity index is 800. The van der Waals surface area contributed by atoms with Crippen molar-refractivity contribution in [3.8, 4) is 11.1 Å². The van der Waals surface area contributed by atoms with E-state index in [1.807, 2.05) is 0 Å². The first-order chi connectivity index (χ1) is 15.2. The molecule has 0 saturated carbocycles. The molecule has 0 radical (unpaired) electrons. The summed E-state index contributed by atoms with van der Waals surface area (Å²) >= 11 is 0. The normalized spacial score (nSPS) is 15.7. The van der Waals surface area contributed by atoms with Gasteiger partial charge in [0.05, 0.1) is 0 Å². The monoisotopic (exact) mass is 434 g/mol. The Morgan fingerprint density at radius 3 is 1.69 bits per heavy atom. The van der Waals surface area contributed by atoms with Gasteiger partial charge in [-0.15, -0.1) is 0 Å². The fraction of sp³-hybridized carbons (Fsp3) is 0.625. The summed E-state index contributed by atoms with van der Waals surface area (Å²) in [5.74, 6) is 1.56. The minimum Gasteiger partial charge on any atom is -0.0645 e. The molecule has 0 saturated heterocycles. The summed E-state index contributed by atoms with van der Waals surface area (Å²) in [7, 11) is 0. The highest BCUT2D eigenvalue weighted by molar-refractivity contribution is 5.71. The van der Waals surface area contributed by atoms with E-state index in [2.05, 4.69) is 104 Å². The van der Waals surface area contributed by atoms with Crippen LogP contribution in [0.3, 0.4) is 0 Å². The molecular formula is C32H50. The molecule has 0 aliphatic heterocycles. The van der Waals surface area contributed by atoms with Gasteiger partial charge in [0.2, 0.25) is 0 Å². The first-order valence-electron chi connectivity index (χ1n) is 13.4. The second kappa shape index (κ2) is 12.1. The van der Waals surface area contributed by atoms with Gasteiger partial charge in [0.15, 0.2) is 0 Å². The Morgan fingerprint density at radius 2 is 1.19 bits per heavy atom. The molecule has 0 nitrogen and oxygen atoms in total. The van der Waals surface area contributed by atoms with Crippen LogP contribution in [0.1, 0.15) is 118 Å². The molecule has 2 aromatic rings. The molecule has 2 rings (SSSR count). The van der Waals surface area contributed by atoms with Crippen LogP contribution in [-0.2, 0) is 10.8 Å². The van der Waals surface area contributed by atoms with E-state index >= 15 is 0 Å². The lowest BCUT2D eigenvalue weighted by Gasteiger charge is -2.40. The minimum absolute atomic E-state index is 0.200. The standard InChI is InChI=1S/C32H50/c1-9-31(7,23-15-17-25(3)4)29-22-14-21-28(27-19-12-11-13-20-27)30(29)32(8,10-2)24-16-18-26(5)6/h11-14,19-22,25-26H,9-10,15-18,23-24H2,1-8H3. The van der Waals surface area contributed by atoms with Crippen molar-refractivity contribution in [2.75, 3.05) is 0 Å².